The average molecular weight is 244 g/mol. The highest BCUT2D eigenvalue weighted by Gasteiger charge is 2.26. The lowest BCUT2D eigenvalue weighted by atomic mass is 10.2. The smallest absolute Gasteiger partial charge is 0.289 e. The van der Waals surface area contributed by atoms with Gasteiger partial charge in [0.25, 0.3) is 5.91 Å². The van der Waals surface area contributed by atoms with Gasteiger partial charge in [-0.2, -0.15) is 0 Å². The van der Waals surface area contributed by atoms with E-state index in [1.54, 1.807) is 0 Å². The second kappa shape index (κ2) is 4.46. The highest BCUT2D eigenvalue weighted by atomic mass is 16.3. The number of amides is 1. The molecule has 3 rings (SSSR count). The molecule has 18 heavy (non-hydrogen) atoms. The topological polar surface area (TPSA) is 45.5 Å². The van der Waals surface area contributed by atoms with E-state index in [1.807, 2.05) is 42.2 Å². The summed E-state index contributed by atoms with van der Waals surface area (Å²) in [6, 6.07) is 9.73. The Morgan fingerprint density at radius 2 is 2.28 bits per heavy atom. The molecular weight excluding hydrogens is 228 g/mol. The number of furan rings is 1. The Labute approximate surface area is 106 Å². The van der Waals surface area contributed by atoms with Crippen LogP contribution in [0.5, 0.6) is 0 Å². The van der Waals surface area contributed by atoms with Gasteiger partial charge >= 0.3 is 0 Å². The molecule has 0 aliphatic carbocycles. The van der Waals surface area contributed by atoms with Crippen LogP contribution in [0.15, 0.2) is 34.7 Å². The van der Waals surface area contributed by atoms with Gasteiger partial charge in [-0.25, -0.2) is 0 Å². The molecule has 1 aliphatic rings. The molecule has 0 bridgehead atoms. The number of para-hydroxylation sites is 1. The largest absolute Gasteiger partial charge is 0.451 e. The third-order valence-electron chi connectivity index (χ3n) is 3.40. The van der Waals surface area contributed by atoms with E-state index in [1.165, 1.54) is 0 Å². The lowest BCUT2D eigenvalue weighted by Crippen LogP contribution is -2.52. The second-order valence-corrected chi connectivity index (χ2v) is 4.70. The Balaban J connectivity index is 1.91. The van der Waals surface area contributed by atoms with Crippen LogP contribution >= 0.6 is 0 Å². The summed E-state index contributed by atoms with van der Waals surface area (Å²) in [7, 11) is 0. The monoisotopic (exact) mass is 244 g/mol. The first kappa shape index (κ1) is 11.3. The lowest BCUT2D eigenvalue weighted by Gasteiger charge is -2.33. The Morgan fingerprint density at radius 1 is 1.44 bits per heavy atom. The molecule has 1 saturated heterocycles. The Hall–Kier alpha value is -1.81. The number of carbonyl (C=O) groups is 1. The first-order valence-electron chi connectivity index (χ1n) is 6.26. The molecule has 2 heterocycles. The molecule has 0 spiro atoms. The molecule has 0 radical (unpaired) electrons. The van der Waals surface area contributed by atoms with Crippen LogP contribution in [0.1, 0.15) is 17.5 Å². The summed E-state index contributed by atoms with van der Waals surface area (Å²) >= 11 is 0. The number of benzene rings is 1. The summed E-state index contributed by atoms with van der Waals surface area (Å²) in [6.45, 7) is 4.46. The van der Waals surface area contributed by atoms with E-state index < -0.39 is 0 Å². The van der Waals surface area contributed by atoms with Gasteiger partial charge in [0.1, 0.15) is 5.58 Å². The molecular formula is C14H16N2O2. The predicted octanol–water partition coefficient (Wildman–Crippen LogP) is 1.87. The van der Waals surface area contributed by atoms with Crippen molar-refractivity contribution in [2.24, 2.45) is 0 Å². The van der Waals surface area contributed by atoms with E-state index in [-0.39, 0.29) is 11.9 Å². The lowest BCUT2D eigenvalue weighted by molar-refractivity contribution is 0.0625. The highest BCUT2D eigenvalue weighted by Crippen LogP contribution is 2.21. The molecule has 1 N–H and O–H groups in total. The van der Waals surface area contributed by atoms with Crippen molar-refractivity contribution in [3.63, 3.8) is 0 Å². The van der Waals surface area contributed by atoms with Gasteiger partial charge in [-0.05, 0) is 19.1 Å². The number of nitrogens with one attached hydrogen (secondary N) is 1. The van der Waals surface area contributed by atoms with E-state index in [4.69, 9.17) is 4.42 Å². The van der Waals surface area contributed by atoms with Gasteiger partial charge < -0.3 is 14.6 Å². The quantitative estimate of drug-likeness (QED) is 0.833. The maximum absolute atomic E-state index is 12.4. The van der Waals surface area contributed by atoms with Crippen LogP contribution in [0.25, 0.3) is 11.0 Å². The molecule has 1 aliphatic heterocycles. The van der Waals surface area contributed by atoms with Gasteiger partial charge in [-0.1, -0.05) is 18.2 Å². The summed E-state index contributed by atoms with van der Waals surface area (Å²) in [5.74, 6) is 0.421. The zero-order valence-corrected chi connectivity index (χ0v) is 10.3. The first-order chi connectivity index (χ1) is 8.75. The van der Waals surface area contributed by atoms with Crippen LogP contribution in [0, 0.1) is 0 Å². The average Bonchev–Trinajstić information content (AvgIpc) is 2.82. The number of nitrogens with zero attached hydrogens (tertiary/aromatic N) is 1. The fourth-order valence-corrected chi connectivity index (χ4v) is 2.37. The van der Waals surface area contributed by atoms with Gasteiger partial charge in [-0.15, -0.1) is 0 Å². The molecule has 0 unspecified atom stereocenters. The number of carbonyl (C=O) groups excluding carboxylic acids is 1. The molecule has 1 fully saturated rings. The summed E-state index contributed by atoms with van der Waals surface area (Å²) in [4.78, 5) is 14.3. The molecule has 1 aromatic heterocycles. The van der Waals surface area contributed by atoms with Crippen LogP contribution in [0.3, 0.4) is 0 Å². The molecule has 2 aromatic rings. The zero-order chi connectivity index (χ0) is 12.5. The van der Waals surface area contributed by atoms with Crippen molar-refractivity contribution in [1.82, 2.24) is 10.2 Å². The Morgan fingerprint density at radius 3 is 3.06 bits per heavy atom. The summed E-state index contributed by atoms with van der Waals surface area (Å²) < 4.78 is 5.62. The fourth-order valence-electron chi connectivity index (χ4n) is 2.37. The number of hydrogen-bond acceptors (Lipinski definition) is 3. The number of piperazine rings is 1. The molecule has 4 heteroatoms. The van der Waals surface area contributed by atoms with E-state index in [0.29, 0.717) is 5.76 Å². The minimum Gasteiger partial charge on any atom is -0.451 e. The second-order valence-electron chi connectivity index (χ2n) is 4.70. The van der Waals surface area contributed by atoms with Crippen molar-refractivity contribution in [2.75, 3.05) is 19.6 Å². The van der Waals surface area contributed by atoms with Crippen molar-refractivity contribution >= 4 is 16.9 Å². The third kappa shape index (κ3) is 1.88. The van der Waals surface area contributed by atoms with E-state index in [2.05, 4.69) is 5.32 Å². The van der Waals surface area contributed by atoms with Crippen molar-refractivity contribution in [2.45, 2.75) is 13.0 Å². The van der Waals surface area contributed by atoms with Crippen LogP contribution < -0.4 is 5.32 Å². The molecule has 4 nitrogen and oxygen atoms in total. The van der Waals surface area contributed by atoms with Crippen LogP contribution in [-0.2, 0) is 0 Å². The number of fused-ring (bicyclic) bond motifs is 1. The predicted molar refractivity (Wildman–Crippen MR) is 69.6 cm³/mol. The molecule has 1 atom stereocenters. The van der Waals surface area contributed by atoms with E-state index in [0.717, 1.165) is 30.6 Å². The van der Waals surface area contributed by atoms with Crippen molar-refractivity contribution in [3.05, 3.63) is 36.1 Å². The summed E-state index contributed by atoms with van der Waals surface area (Å²) in [5.41, 5.74) is 0.767. The standard InChI is InChI=1S/C14H16N2O2/c1-10-9-15-6-7-16(10)14(17)13-8-11-4-2-3-5-12(11)18-13/h2-5,8,10,15H,6-7,9H2,1H3/t10-/m1/s1. The zero-order valence-electron chi connectivity index (χ0n) is 10.3. The van der Waals surface area contributed by atoms with Gasteiger partial charge in [-0.3, -0.25) is 4.79 Å². The Bertz CT molecular complexity index is 543. The number of hydrogen-bond donors (Lipinski definition) is 1. The van der Waals surface area contributed by atoms with Gasteiger partial charge in [0.15, 0.2) is 5.76 Å². The third-order valence-corrected chi connectivity index (χ3v) is 3.40. The maximum atomic E-state index is 12.4. The number of rotatable bonds is 1. The maximum Gasteiger partial charge on any atom is 0.289 e. The van der Waals surface area contributed by atoms with Crippen LogP contribution in [-0.4, -0.2) is 36.5 Å². The molecule has 1 aromatic carbocycles. The van der Waals surface area contributed by atoms with Gasteiger partial charge in [0.2, 0.25) is 0 Å². The minimum atomic E-state index is -0.0137. The SMILES string of the molecule is C[C@@H]1CNCCN1C(=O)c1cc2ccccc2o1. The molecule has 0 saturated carbocycles. The highest BCUT2D eigenvalue weighted by molar-refractivity contribution is 5.96. The van der Waals surface area contributed by atoms with Crippen molar-refractivity contribution in [3.8, 4) is 0 Å². The van der Waals surface area contributed by atoms with Crippen molar-refractivity contribution < 1.29 is 9.21 Å². The van der Waals surface area contributed by atoms with Crippen LogP contribution in [0.4, 0.5) is 0 Å². The minimum absolute atomic E-state index is 0.0137. The first-order valence-corrected chi connectivity index (χ1v) is 6.26. The van der Waals surface area contributed by atoms with Gasteiger partial charge in [0.05, 0.1) is 0 Å². The summed E-state index contributed by atoms with van der Waals surface area (Å²) in [6.07, 6.45) is 0. The summed E-state index contributed by atoms with van der Waals surface area (Å²) in [5, 5.41) is 4.25. The normalized spacial score (nSPS) is 20.3. The molecule has 94 valence electrons. The Kier molecular flexibility index (Phi) is 2.80. The fraction of sp³-hybridized carbons (Fsp3) is 0.357. The van der Waals surface area contributed by atoms with E-state index in [9.17, 15) is 4.79 Å². The van der Waals surface area contributed by atoms with Crippen molar-refractivity contribution in [1.29, 1.82) is 0 Å². The molecule has 1 amide bonds. The van der Waals surface area contributed by atoms with Gasteiger partial charge in [0, 0.05) is 31.1 Å². The van der Waals surface area contributed by atoms with Crippen LogP contribution in [0.2, 0.25) is 0 Å². The van der Waals surface area contributed by atoms with E-state index >= 15 is 0 Å².